The third-order valence-electron chi connectivity index (χ3n) is 2.98. The predicted molar refractivity (Wildman–Crippen MR) is 84.4 cm³/mol. The predicted octanol–water partition coefficient (Wildman–Crippen LogP) is 3.05. The number of carbonyl (C=O) groups excluding carboxylic acids is 1. The van der Waals surface area contributed by atoms with Gasteiger partial charge in [0, 0.05) is 18.3 Å². The van der Waals surface area contributed by atoms with Crippen molar-refractivity contribution in [3.63, 3.8) is 0 Å². The van der Waals surface area contributed by atoms with Crippen molar-refractivity contribution in [2.45, 2.75) is 26.8 Å². The highest BCUT2D eigenvalue weighted by Gasteiger charge is 2.30. The Balaban J connectivity index is 2.10. The molecule has 0 atom stereocenters. The lowest BCUT2D eigenvalue weighted by Gasteiger charge is -2.11. The van der Waals surface area contributed by atoms with Gasteiger partial charge in [0.25, 0.3) is 11.5 Å². The van der Waals surface area contributed by atoms with Crippen molar-refractivity contribution in [2.24, 2.45) is 5.92 Å². The molecule has 0 aliphatic rings. The van der Waals surface area contributed by atoms with Crippen LogP contribution in [0.25, 0.3) is 0 Å². The zero-order valence-electron chi connectivity index (χ0n) is 13.5. The Morgan fingerprint density at radius 3 is 2.40 bits per heavy atom. The average Bonchev–Trinajstić information content (AvgIpc) is 2.49. The van der Waals surface area contributed by atoms with Crippen molar-refractivity contribution >= 4 is 11.6 Å². The van der Waals surface area contributed by atoms with Gasteiger partial charge in [0.05, 0.1) is 0 Å². The molecule has 1 N–H and O–H groups in total. The van der Waals surface area contributed by atoms with Crippen LogP contribution in [0.5, 0.6) is 5.75 Å². The summed E-state index contributed by atoms with van der Waals surface area (Å²) in [7, 11) is 0. The smallest absolute Gasteiger partial charge is 0.406 e. The van der Waals surface area contributed by atoms with Crippen LogP contribution in [0.1, 0.15) is 24.3 Å². The summed E-state index contributed by atoms with van der Waals surface area (Å²) in [5, 5.41) is 6.49. The number of nitrogens with one attached hydrogen (secondary N) is 1. The number of aromatic nitrogens is 2. The zero-order chi connectivity index (χ0) is 18.6. The van der Waals surface area contributed by atoms with E-state index in [0.29, 0.717) is 6.54 Å². The van der Waals surface area contributed by atoms with E-state index < -0.39 is 18.0 Å². The van der Waals surface area contributed by atoms with Crippen LogP contribution in [0, 0.1) is 5.92 Å². The summed E-state index contributed by atoms with van der Waals surface area (Å²) < 4.78 is 41.3. The van der Waals surface area contributed by atoms with E-state index in [1.807, 2.05) is 13.8 Å². The number of ether oxygens (including phenoxy) is 1. The van der Waals surface area contributed by atoms with Gasteiger partial charge in [0.1, 0.15) is 11.4 Å². The molecule has 0 radical (unpaired) electrons. The minimum atomic E-state index is -4.78. The van der Waals surface area contributed by atoms with Gasteiger partial charge in [-0.1, -0.05) is 13.8 Å². The Bertz CT molecular complexity index is 799. The molecule has 0 aliphatic carbocycles. The highest BCUT2D eigenvalue weighted by Crippen LogP contribution is 2.24. The van der Waals surface area contributed by atoms with Crippen molar-refractivity contribution in [1.82, 2.24) is 9.78 Å². The van der Waals surface area contributed by atoms with Gasteiger partial charge in [-0.2, -0.15) is 5.10 Å². The molecule has 1 heterocycles. The van der Waals surface area contributed by atoms with E-state index in [1.54, 1.807) is 0 Å². The number of amides is 1. The number of carbonyl (C=O) groups is 1. The molecule has 0 fully saturated rings. The Labute approximate surface area is 141 Å². The fourth-order valence-corrected chi connectivity index (χ4v) is 1.98. The first-order valence-electron chi connectivity index (χ1n) is 7.39. The molecular formula is C16H16F3N3O3. The normalized spacial score (nSPS) is 11.4. The van der Waals surface area contributed by atoms with Crippen molar-refractivity contribution in [3.8, 4) is 5.75 Å². The lowest BCUT2D eigenvalue weighted by atomic mass is 10.2. The van der Waals surface area contributed by atoms with E-state index in [4.69, 9.17) is 0 Å². The van der Waals surface area contributed by atoms with Gasteiger partial charge in [-0.3, -0.25) is 9.59 Å². The second-order valence-electron chi connectivity index (χ2n) is 5.66. The average molecular weight is 355 g/mol. The maximum Gasteiger partial charge on any atom is 0.573 e. The highest BCUT2D eigenvalue weighted by molar-refractivity contribution is 6.02. The molecule has 134 valence electrons. The minimum Gasteiger partial charge on any atom is -0.406 e. The SMILES string of the molecule is CC(C)Cn1nc(C(=O)Nc2ccc(OC(F)(F)F)cc2)ccc1=O. The van der Waals surface area contributed by atoms with Crippen LogP contribution in [-0.2, 0) is 6.54 Å². The van der Waals surface area contributed by atoms with Gasteiger partial charge in [-0.05, 0) is 36.2 Å². The maximum absolute atomic E-state index is 12.2. The van der Waals surface area contributed by atoms with Gasteiger partial charge in [0.2, 0.25) is 0 Å². The van der Waals surface area contributed by atoms with Crippen LogP contribution < -0.4 is 15.6 Å². The molecule has 0 unspecified atom stereocenters. The molecule has 1 amide bonds. The summed E-state index contributed by atoms with van der Waals surface area (Å²) in [6.07, 6.45) is -4.78. The number of nitrogens with zero attached hydrogens (tertiary/aromatic N) is 2. The largest absolute Gasteiger partial charge is 0.573 e. The van der Waals surface area contributed by atoms with Gasteiger partial charge in [0.15, 0.2) is 0 Å². The standard InChI is InChI=1S/C16H16F3N3O3/c1-10(2)9-22-14(23)8-7-13(21-22)15(24)20-11-3-5-12(6-4-11)25-16(17,18)19/h3-8,10H,9H2,1-2H3,(H,20,24). The first-order valence-corrected chi connectivity index (χ1v) is 7.39. The van der Waals surface area contributed by atoms with Crippen LogP contribution in [0.4, 0.5) is 18.9 Å². The maximum atomic E-state index is 12.2. The van der Waals surface area contributed by atoms with Crippen molar-refractivity contribution in [1.29, 1.82) is 0 Å². The first-order chi connectivity index (χ1) is 11.6. The number of alkyl halides is 3. The monoisotopic (exact) mass is 355 g/mol. The van der Waals surface area contributed by atoms with Crippen molar-refractivity contribution < 1.29 is 22.7 Å². The molecule has 0 saturated heterocycles. The van der Waals surface area contributed by atoms with E-state index in [2.05, 4.69) is 15.2 Å². The molecule has 1 aromatic carbocycles. The number of hydrogen-bond acceptors (Lipinski definition) is 4. The van der Waals surface area contributed by atoms with Crippen molar-refractivity contribution in [2.75, 3.05) is 5.32 Å². The zero-order valence-corrected chi connectivity index (χ0v) is 13.5. The second-order valence-corrected chi connectivity index (χ2v) is 5.66. The molecule has 25 heavy (non-hydrogen) atoms. The molecule has 2 rings (SSSR count). The summed E-state index contributed by atoms with van der Waals surface area (Å²) in [4.78, 5) is 23.9. The summed E-state index contributed by atoms with van der Waals surface area (Å²) in [6, 6.07) is 7.22. The number of hydrogen-bond donors (Lipinski definition) is 1. The summed E-state index contributed by atoms with van der Waals surface area (Å²) in [5.41, 5.74) is -0.0299. The van der Waals surface area contributed by atoms with Gasteiger partial charge in [-0.25, -0.2) is 4.68 Å². The lowest BCUT2D eigenvalue weighted by Crippen LogP contribution is -2.27. The number of anilines is 1. The molecule has 0 saturated carbocycles. The van der Waals surface area contributed by atoms with Crippen LogP contribution in [0.15, 0.2) is 41.2 Å². The van der Waals surface area contributed by atoms with E-state index in [0.717, 1.165) is 12.1 Å². The van der Waals surface area contributed by atoms with E-state index in [9.17, 15) is 22.8 Å². The Kier molecular flexibility index (Phi) is 5.45. The topological polar surface area (TPSA) is 73.2 Å². The van der Waals surface area contributed by atoms with Gasteiger partial charge >= 0.3 is 6.36 Å². The third kappa shape index (κ3) is 5.63. The van der Waals surface area contributed by atoms with Crippen LogP contribution in [-0.4, -0.2) is 22.1 Å². The first kappa shape index (κ1) is 18.5. The fraction of sp³-hybridized carbons (Fsp3) is 0.312. The van der Waals surface area contributed by atoms with Crippen LogP contribution >= 0.6 is 0 Å². The van der Waals surface area contributed by atoms with Crippen LogP contribution in [0.3, 0.4) is 0 Å². The number of benzene rings is 1. The number of halogens is 3. The highest BCUT2D eigenvalue weighted by atomic mass is 19.4. The molecule has 9 heteroatoms. The fourth-order valence-electron chi connectivity index (χ4n) is 1.98. The van der Waals surface area contributed by atoms with E-state index >= 15 is 0 Å². The number of rotatable bonds is 5. The Morgan fingerprint density at radius 2 is 1.84 bits per heavy atom. The Morgan fingerprint density at radius 1 is 1.20 bits per heavy atom. The Hall–Kier alpha value is -2.84. The summed E-state index contributed by atoms with van der Waals surface area (Å²) in [5.74, 6) is -0.805. The van der Waals surface area contributed by atoms with Gasteiger partial charge in [-0.15, -0.1) is 13.2 Å². The lowest BCUT2D eigenvalue weighted by molar-refractivity contribution is -0.274. The summed E-state index contributed by atoms with van der Waals surface area (Å²) >= 11 is 0. The van der Waals surface area contributed by atoms with Crippen LogP contribution in [0.2, 0.25) is 0 Å². The van der Waals surface area contributed by atoms with Crippen molar-refractivity contribution in [3.05, 3.63) is 52.4 Å². The third-order valence-corrected chi connectivity index (χ3v) is 2.98. The molecule has 2 aromatic rings. The molecule has 0 aliphatic heterocycles. The quantitative estimate of drug-likeness (QED) is 0.895. The van der Waals surface area contributed by atoms with E-state index in [1.165, 1.54) is 28.9 Å². The van der Waals surface area contributed by atoms with E-state index in [-0.39, 0.29) is 22.9 Å². The molecule has 0 bridgehead atoms. The molecular weight excluding hydrogens is 339 g/mol. The second kappa shape index (κ2) is 7.37. The molecule has 6 nitrogen and oxygen atoms in total. The van der Waals surface area contributed by atoms with Gasteiger partial charge < -0.3 is 10.1 Å². The summed E-state index contributed by atoms with van der Waals surface area (Å²) in [6.45, 7) is 4.18. The minimum absolute atomic E-state index is 0.0240. The molecule has 0 spiro atoms. The molecule has 1 aromatic heterocycles.